The zero-order valence-electron chi connectivity index (χ0n) is 6.34. The number of hydrogen-bond acceptors (Lipinski definition) is 2. The van der Waals surface area contributed by atoms with Crippen LogP contribution < -0.4 is 0 Å². The van der Waals surface area contributed by atoms with E-state index in [1.165, 1.54) is 30.5 Å². The molecule has 2 aliphatic heterocycles. The lowest BCUT2D eigenvalue weighted by molar-refractivity contribution is 0.233. The van der Waals surface area contributed by atoms with Gasteiger partial charge in [0.05, 0.1) is 0 Å². The largest absolute Gasteiger partial charge is 0.300 e. The lowest BCUT2D eigenvalue weighted by atomic mass is 10.0. The summed E-state index contributed by atoms with van der Waals surface area (Å²) in [5.74, 6) is 0. The van der Waals surface area contributed by atoms with E-state index in [0.29, 0.717) is 0 Å². The van der Waals surface area contributed by atoms with Crippen molar-refractivity contribution in [2.24, 2.45) is 0 Å². The molecule has 2 unspecified atom stereocenters. The van der Waals surface area contributed by atoms with Crippen LogP contribution in [0.4, 0.5) is 0 Å². The molecule has 2 bridgehead atoms. The molecule has 2 atom stereocenters. The van der Waals surface area contributed by atoms with Crippen LogP contribution >= 0.6 is 12.2 Å². The fourth-order valence-electron chi connectivity index (χ4n) is 2.19. The van der Waals surface area contributed by atoms with Crippen molar-refractivity contribution in [3.63, 3.8) is 0 Å². The molecule has 2 rings (SSSR count). The summed E-state index contributed by atoms with van der Waals surface area (Å²) in [6.45, 7) is 0. The van der Waals surface area contributed by atoms with Crippen molar-refractivity contribution in [2.75, 3.05) is 7.05 Å². The van der Waals surface area contributed by atoms with Crippen molar-refractivity contribution in [1.29, 1.82) is 0 Å². The summed E-state index contributed by atoms with van der Waals surface area (Å²) < 4.78 is 0. The molecule has 0 aromatic rings. The van der Waals surface area contributed by atoms with Crippen molar-refractivity contribution in [3.8, 4) is 0 Å². The highest BCUT2D eigenvalue weighted by Gasteiger charge is 2.35. The number of nitrogens with zero attached hydrogens (tertiary/aromatic N) is 1. The number of rotatable bonds is 0. The van der Waals surface area contributed by atoms with E-state index < -0.39 is 0 Å². The third kappa shape index (κ3) is 0.903. The molecule has 2 heterocycles. The topological polar surface area (TPSA) is 3.24 Å². The highest BCUT2D eigenvalue weighted by molar-refractivity contribution is 7.80. The summed E-state index contributed by atoms with van der Waals surface area (Å²) in [4.78, 5) is 3.82. The highest BCUT2D eigenvalue weighted by Crippen LogP contribution is 2.32. The van der Waals surface area contributed by atoms with Gasteiger partial charge in [-0.2, -0.15) is 0 Å². The number of piperidine rings is 1. The molecule has 0 radical (unpaired) electrons. The van der Waals surface area contributed by atoms with Crippen molar-refractivity contribution < 1.29 is 0 Å². The van der Waals surface area contributed by atoms with Crippen molar-refractivity contribution >= 4 is 17.1 Å². The molecule has 1 nitrogen and oxygen atoms in total. The van der Waals surface area contributed by atoms with Crippen molar-refractivity contribution in [2.45, 2.75) is 37.8 Å². The molecular weight excluding hydrogens is 142 g/mol. The van der Waals surface area contributed by atoms with E-state index in [2.05, 4.69) is 11.9 Å². The first kappa shape index (κ1) is 6.74. The Hall–Kier alpha value is 0.0500. The summed E-state index contributed by atoms with van der Waals surface area (Å²) in [5.41, 5.74) is 0. The van der Waals surface area contributed by atoms with Crippen LogP contribution in [0.5, 0.6) is 0 Å². The maximum absolute atomic E-state index is 5.23. The van der Waals surface area contributed by atoms with Gasteiger partial charge in [0.25, 0.3) is 0 Å². The Bertz CT molecular complexity index is 151. The quantitative estimate of drug-likeness (QED) is 0.489. The molecule has 56 valence electrons. The fraction of sp³-hybridized carbons (Fsp3) is 0.875. The van der Waals surface area contributed by atoms with Crippen LogP contribution in [0, 0.1) is 0 Å². The smallest absolute Gasteiger partial charge is 0.0141 e. The Morgan fingerprint density at radius 3 is 2.30 bits per heavy atom. The van der Waals surface area contributed by atoms with Crippen LogP contribution in [0.25, 0.3) is 0 Å². The molecule has 0 aromatic carbocycles. The van der Waals surface area contributed by atoms with Gasteiger partial charge in [0.1, 0.15) is 0 Å². The van der Waals surface area contributed by atoms with E-state index in [-0.39, 0.29) is 0 Å². The minimum atomic E-state index is 0.797. The predicted octanol–water partition coefficient (Wildman–Crippen LogP) is 1.61. The first-order valence-corrected chi connectivity index (χ1v) is 4.42. The van der Waals surface area contributed by atoms with Gasteiger partial charge >= 0.3 is 0 Å². The van der Waals surface area contributed by atoms with Crippen molar-refractivity contribution in [1.82, 2.24) is 4.90 Å². The second-order valence-electron chi connectivity index (χ2n) is 3.50. The molecule has 0 aromatic heterocycles. The van der Waals surface area contributed by atoms with Crippen LogP contribution in [0.15, 0.2) is 0 Å². The number of fused-ring (bicyclic) bond motifs is 2. The van der Waals surface area contributed by atoms with E-state index in [9.17, 15) is 0 Å². The molecule has 2 aliphatic rings. The molecule has 0 aliphatic carbocycles. The standard InChI is InChI=1S/C8H13NS/c1-9-6-2-3-7(9)5-8(10)4-6/h6-7H,2-5H2,1H3. The Balaban J connectivity index is 2.16. The van der Waals surface area contributed by atoms with Gasteiger partial charge in [0.15, 0.2) is 0 Å². The van der Waals surface area contributed by atoms with E-state index >= 15 is 0 Å². The minimum Gasteiger partial charge on any atom is -0.300 e. The van der Waals surface area contributed by atoms with Gasteiger partial charge in [-0.15, -0.1) is 0 Å². The van der Waals surface area contributed by atoms with Gasteiger partial charge in [0.2, 0.25) is 0 Å². The van der Waals surface area contributed by atoms with Gasteiger partial charge in [-0.3, -0.25) is 4.90 Å². The van der Waals surface area contributed by atoms with Gasteiger partial charge < -0.3 is 0 Å². The number of hydrogen-bond donors (Lipinski definition) is 0. The van der Waals surface area contributed by atoms with Gasteiger partial charge in [-0.25, -0.2) is 0 Å². The summed E-state index contributed by atoms with van der Waals surface area (Å²) in [6, 6.07) is 1.59. The van der Waals surface area contributed by atoms with Gasteiger partial charge in [-0.1, -0.05) is 12.2 Å². The first-order valence-electron chi connectivity index (χ1n) is 4.01. The lowest BCUT2D eigenvalue weighted by Crippen LogP contribution is -2.39. The monoisotopic (exact) mass is 155 g/mol. The Kier molecular flexibility index (Phi) is 1.53. The summed E-state index contributed by atoms with van der Waals surface area (Å²) in [6.07, 6.45) is 5.12. The highest BCUT2D eigenvalue weighted by atomic mass is 32.1. The summed E-state index contributed by atoms with van der Waals surface area (Å²) in [5, 5.41) is 0. The van der Waals surface area contributed by atoms with Gasteiger partial charge in [0, 0.05) is 12.1 Å². The molecule has 2 heteroatoms. The molecule has 0 amide bonds. The summed E-state index contributed by atoms with van der Waals surface area (Å²) >= 11 is 5.23. The Labute approximate surface area is 67.4 Å². The molecule has 0 N–H and O–H groups in total. The maximum atomic E-state index is 5.23. The van der Waals surface area contributed by atoms with E-state index in [0.717, 1.165) is 12.1 Å². The SMILES string of the molecule is CN1C2CCC1CC(=S)C2. The van der Waals surface area contributed by atoms with Crippen LogP contribution in [-0.2, 0) is 0 Å². The van der Waals surface area contributed by atoms with Gasteiger partial charge in [-0.05, 0) is 37.6 Å². The second kappa shape index (κ2) is 2.28. The number of thiocarbonyl (C=S) groups is 1. The zero-order chi connectivity index (χ0) is 7.14. The third-order valence-corrected chi connectivity index (χ3v) is 3.24. The fourth-order valence-corrected chi connectivity index (χ4v) is 2.58. The van der Waals surface area contributed by atoms with E-state index in [1.54, 1.807) is 0 Å². The second-order valence-corrected chi connectivity index (χ2v) is 4.07. The van der Waals surface area contributed by atoms with Crippen LogP contribution in [0.3, 0.4) is 0 Å². The first-order chi connectivity index (χ1) is 4.77. The third-order valence-electron chi connectivity index (χ3n) is 2.91. The summed E-state index contributed by atoms with van der Waals surface area (Å²) in [7, 11) is 2.24. The molecule has 0 saturated carbocycles. The lowest BCUT2D eigenvalue weighted by Gasteiger charge is -2.31. The Morgan fingerprint density at radius 2 is 1.80 bits per heavy atom. The normalized spacial score (nSPS) is 40.7. The molecule has 10 heavy (non-hydrogen) atoms. The zero-order valence-corrected chi connectivity index (χ0v) is 7.16. The molecule has 2 fully saturated rings. The average Bonchev–Trinajstić information content (AvgIpc) is 2.20. The molecule has 2 saturated heterocycles. The predicted molar refractivity (Wildman–Crippen MR) is 46.4 cm³/mol. The average molecular weight is 155 g/mol. The van der Waals surface area contributed by atoms with Crippen LogP contribution in [-0.4, -0.2) is 28.9 Å². The van der Waals surface area contributed by atoms with E-state index in [4.69, 9.17) is 12.2 Å². The van der Waals surface area contributed by atoms with Crippen molar-refractivity contribution in [3.05, 3.63) is 0 Å². The Morgan fingerprint density at radius 1 is 1.30 bits per heavy atom. The molecular formula is C8H13NS. The minimum absolute atomic E-state index is 0.797. The van der Waals surface area contributed by atoms with Crippen LogP contribution in [0.1, 0.15) is 25.7 Å². The maximum Gasteiger partial charge on any atom is 0.0141 e. The van der Waals surface area contributed by atoms with E-state index in [1.807, 2.05) is 0 Å². The van der Waals surface area contributed by atoms with Crippen LogP contribution in [0.2, 0.25) is 0 Å². The molecule has 0 spiro atoms.